The lowest BCUT2D eigenvalue weighted by molar-refractivity contribution is 0.383. The van der Waals surface area contributed by atoms with Crippen LogP contribution in [0.3, 0.4) is 0 Å². The highest BCUT2D eigenvalue weighted by atomic mass is 79.9. The van der Waals surface area contributed by atoms with Crippen molar-refractivity contribution in [2.75, 3.05) is 6.61 Å². The molecule has 0 aromatic rings. The van der Waals surface area contributed by atoms with Crippen molar-refractivity contribution in [3.05, 3.63) is 0 Å². The van der Waals surface area contributed by atoms with Gasteiger partial charge in [0, 0.05) is 0 Å². The molecule has 0 rings (SSSR count). The van der Waals surface area contributed by atoms with E-state index in [-0.39, 0.29) is 17.4 Å². The predicted molar refractivity (Wildman–Crippen MR) is 39.7 cm³/mol. The van der Waals surface area contributed by atoms with Gasteiger partial charge in [-0.15, -0.1) is 0 Å². The van der Waals surface area contributed by atoms with Crippen LogP contribution in [0.15, 0.2) is 0 Å². The fraction of sp³-hybridized carbons (Fsp3) is 1.00. The summed E-state index contributed by atoms with van der Waals surface area (Å²) < 4.78 is 4.59. The maximum atomic E-state index is 4.59. The van der Waals surface area contributed by atoms with Gasteiger partial charge in [-0.3, -0.25) is 0 Å². The minimum Gasteiger partial charge on any atom is -0.308 e. The molecule has 0 atom stereocenters. The van der Waals surface area contributed by atoms with Crippen LogP contribution >= 0.6 is 16.3 Å². The molecule has 0 spiro atoms. The van der Waals surface area contributed by atoms with E-state index in [1.54, 1.807) is 0 Å². The van der Waals surface area contributed by atoms with E-state index in [4.69, 9.17) is 0 Å². The Morgan fingerprint density at radius 1 is 1.57 bits per heavy atom. The van der Waals surface area contributed by atoms with E-state index >= 15 is 0 Å². The van der Waals surface area contributed by atoms with Crippen LogP contribution in [0.2, 0.25) is 0 Å². The second kappa shape index (κ2) is 10.1. The summed E-state index contributed by atoms with van der Waals surface area (Å²) >= 11 is 2.85. The van der Waals surface area contributed by atoms with Gasteiger partial charge in [0.05, 0.1) is 22.9 Å². The number of unbranched alkanes of at least 4 members (excludes halogenated alkanes) is 1. The summed E-state index contributed by atoms with van der Waals surface area (Å²) in [4.78, 5) is 0. The summed E-state index contributed by atoms with van der Waals surface area (Å²) in [5, 5.41) is 0. The Balaban J connectivity index is 0. The van der Waals surface area contributed by atoms with E-state index in [0.717, 1.165) is 13.0 Å². The molecule has 0 N–H and O–H groups in total. The lowest BCUT2D eigenvalue weighted by atomic mass is 10.4. The predicted octanol–water partition coefficient (Wildman–Crippen LogP) is 0.929. The van der Waals surface area contributed by atoms with Crippen LogP contribution < -0.4 is 0 Å². The molecule has 0 aromatic heterocycles. The van der Waals surface area contributed by atoms with E-state index in [2.05, 4.69) is 27.0 Å². The van der Waals surface area contributed by atoms with Gasteiger partial charge in [0.2, 0.25) is 0 Å². The molecule has 0 radical (unpaired) electrons. The summed E-state index contributed by atoms with van der Waals surface area (Å²) in [7, 11) is 0. The van der Waals surface area contributed by atoms with Gasteiger partial charge in [-0.2, -0.15) is 0 Å². The SMILES string of the molecule is CCCCOBr.[AlH3]. The maximum Gasteiger partial charge on any atom is 0.187 e. The van der Waals surface area contributed by atoms with Crippen molar-refractivity contribution in [3.8, 4) is 0 Å². The van der Waals surface area contributed by atoms with Crippen LogP contribution in [0.25, 0.3) is 0 Å². The van der Waals surface area contributed by atoms with Gasteiger partial charge < -0.3 is 3.83 Å². The van der Waals surface area contributed by atoms with Crippen LogP contribution in [-0.4, -0.2) is 24.0 Å². The largest absolute Gasteiger partial charge is 0.308 e. The van der Waals surface area contributed by atoms with Crippen molar-refractivity contribution in [3.63, 3.8) is 0 Å². The first kappa shape index (κ1) is 10.9. The Kier molecular flexibility index (Phi) is 15.6. The zero-order valence-corrected chi connectivity index (χ0v) is 5.49. The zero-order valence-electron chi connectivity index (χ0n) is 3.91. The summed E-state index contributed by atoms with van der Waals surface area (Å²) in [5.74, 6) is 0. The quantitative estimate of drug-likeness (QED) is 0.467. The average Bonchev–Trinajstić information content (AvgIpc) is 1.61. The number of halogens is 1. The lowest BCUT2D eigenvalue weighted by Crippen LogP contribution is -1.78. The van der Waals surface area contributed by atoms with Crippen LogP contribution in [-0.2, 0) is 3.83 Å². The Hall–Kier alpha value is 0.972. The molecule has 0 heterocycles. The Labute approximate surface area is 64.0 Å². The standard InChI is InChI=1S/C4H9BrO.Al.3H/c1-2-3-4-6-5;;;;/h2-4H2,1H3;;;;. The van der Waals surface area contributed by atoms with E-state index in [1.807, 2.05) is 0 Å². The third-order valence-corrected chi connectivity index (χ3v) is 0.899. The molecule has 0 saturated carbocycles. The average molecular weight is 183 g/mol. The first-order chi connectivity index (χ1) is 2.91. The monoisotopic (exact) mass is 182 g/mol. The molecule has 0 aliphatic carbocycles. The molecule has 1 nitrogen and oxygen atoms in total. The zero-order chi connectivity index (χ0) is 4.83. The number of hydrogen-bond acceptors (Lipinski definition) is 1. The number of hydrogen-bond donors (Lipinski definition) is 0. The van der Waals surface area contributed by atoms with Gasteiger partial charge in [0.15, 0.2) is 17.4 Å². The summed E-state index contributed by atoms with van der Waals surface area (Å²) in [6, 6.07) is 0. The van der Waals surface area contributed by atoms with Crippen LogP contribution in [0.4, 0.5) is 0 Å². The molecule has 0 unspecified atom stereocenters. The fourth-order valence-electron chi connectivity index (χ4n) is 0.199. The molecule has 3 heteroatoms. The Bertz CT molecular complexity index is 23.7. The first-order valence-electron chi connectivity index (χ1n) is 2.15. The van der Waals surface area contributed by atoms with Gasteiger partial charge in [-0.25, -0.2) is 0 Å². The van der Waals surface area contributed by atoms with Crippen LogP contribution in [0, 0.1) is 0 Å². The number of rotatable bonds is 3. The van der Waals surface area contributed by atoms with E-state index in [0.29, 0.717) is 0 Å². The summed E-state index contributed by atoms with van der Waals surface area (Å²) in [6.07, 6.45) is 2.34. The Morgan fingerprint density at radius 3 is 2.29 bits per heavy atom. The third kappa shape index (κ3) is 10.9. The van der Waals surface area contributed by atoms with Crippen LogP contribution in [0.1, 0.15) is 19.8 Å². The molecule has 0 aliphatic heterocycles. The topological polar surface area (TPSA) is 9.23 Å². The van der Waals surface area contributed by atoms with E-state index < -0.39 is 0 Å². The minimum absolute atomic E-state index is 0. The normalized spacial score (nSPS) is 7.71. The molecule has 0 fully saturated rings. The molecular weight excluding hydrogens is 171 g/mol. The lowest BCUT2D eigenvalue weighted by Gasteiger charge is -1.86. The molecule has 44 valence electrons. The van der Waals surface area contributed by atoms with Crippen LogP contribution in [0.5, 0.6) is 0 Å². The third-order valence-electron chi connectivity index (χ3n) is 0.575. The molecule has 7 heavy (non-hydrogen) atoms. The highest BCUT2D eigenvalue weighted by Gasteiger charge is 1.76. The van der Waals surface area contributed by atoms with Gasteiger partial charge >= 0.3 is 0 Å². The molecule has 0 saturated heterocycles. The smallest absolute Gasteiger partial charge is 0.187 e. The Morgan fingerprint density at radius 2 is 2.14 bits per heavy atom. The van der Waals surface area contributed by atoms with Crippen molar-refractivity contribution >= 4 is 33.6 Å². The van der Waals surface area contributed by atoms with Crippen molar-refractivity contribution in [2.24, 2.45) is 0 Å². The molecule has 0 amide bonds. The van der Waals surface area contributed by atoms with Crippen molar-refractivity contribution in [1.82, 2.24) is 0 Å². The van der Waals surface area contributed by atoms with Crippen molar-refractivity contribution in [2.45, 2.75) is 19.8 Å². The van der Waals surface area contributed by atoms with Crippen molar-refractivity contribution in [1.29, 1.82) is 0 Å². The molecule has 0 bridgehead atoms. The van der Waals surface area contributed by atoms with E-state index in [1.165, 1.54) is 6.42 Å². The van der Waals surface area contributed by atoms with Gasteiger partial charge in [-0.05, 0) is 6.42 Å². The molecular formula is C4H12AlBrO. The second-order valence-corrected chi connectivity index (χ2v) is 1.62. The van der Waals surface area contributed by atoms with E-state index in [9.17, 15) is 0 Å². The maximum absolute atomic E-state index is 4.59. The summed E-state index contributed by atoms with van der Waals surface area (Å²) in [6.45, 7) is 2.96. The van der Waals surface area contributed by atoms with Gasteiger partial charge in [-0.1, -0.05) is 13.3 Å². The highest BCUT2D eigenvalue weighted by Crippen LogP contribution is 1.90. The highest BCUT2D eigenvalue weighted by molar-refractivity contribution is 9.06. The summed E-state index contributed by atoms with van der Waals surface area (Å²) in [5.41, 5.74) is 0. The van der Waals surface area contributed by atoms with Gasteiger partial charge in [0.1, 0.15) is 0 Å². The van der Waals surface area contributed by atoms with Crippen molar-refractivity contribution < 1.29 is 3.83 Å². The fourth-order valence-corrected chi connectivity index (χ4v) is 0.428. The minimum atomic E-state index is 0. The second-order valence-electron chi connectivity index (χ2n) is 1.17. The molecule has 0 aromatic carbocycles. The van der Waals surface area contributed by atoms with Gasteiger partial charge in [0.25, 0.3) is 0 Å². The first-order valence-corrected chi connectivity index (χ1v) is 2.80. The molecule has 0 aliphatic rings.